The van der Waals surface area contributed by atoms with Crippen molar-refractivity contribution in [1.29, 1.82) is 0 Å². The summed E-state index contributed by atoms with van der Waals surface area (Å²) in [7, 11) is -2.04. The molecule has 4 nitrogen and oxygen atoms in total. The van der Waals surface area contributed by atoms with Gasteiger partial charge >= 0.3 is 0 Å². The minimum atomic E-state index is -3.16. The van der Waals surface area contributed by atoms with Crippen molar-refractivity contribution in [3.05, 3.63) is 0 Å². The average molecular weight is 210 g/mol. The van der Waals surface area contributed by atoms with Gasteiger partial charge in [0.15, 0.2) is 0 Å². The first kappa shape index (κ1) is 12.9. The summed E-state index contributed by atoms with van der Waals surface area (Å²) >= 11 is 0. The summed E-state index contributed by atoms with van der Waals surface area (Å²) in [5.74, 6) is 0. The van der Waals surface area contributed by atoms with Gasteiger partial charge in [0.25, 0.3) is 10.1 Å². The van der Waals surface area contributed by atoms with Crippen LogP contribution in [0.5, 0.6) is 0 Å². The topological polar surface area (TPSA) is 63.6 Å². The van der Waals surface area contributed by atoms with Gasteiger partial charge in [-0.2, -0.15) is 8.42 Å². The first-order chi connectivity index (χ1) is 5.95. The summed E-state index contributed by atoms with van der Waals surface area (Å²) < 4.78 is 23.5. The molecule has 0 aromatic rings. The van der Waals surface area contributed by atoms with E-state index >= 15 is 0 Å². The molecular weight excluding hydrogens is 192 g/mol. The second-order valence-corrected chi connectivity index (χ2v) is 4.90. The largest absolute Gasteiger partial charge is 0.393 e. The molecule has 0 aromatic heterocycles. The Hall–Kier alpha value is -0.130. The third-order valence-electron chi connectivity index (χ3n) is 1.88. The number of aliphatic hydroxyl groups is 1. The van der Waals surface area contributed by atoms with E-state index in [1.807, 2.05) is 0 Å². The van der Waals surface area contributed by atoms with Crippen molar-refractivity contribution >= 4 is 10.1 Å². The van der Waals surface area contributed by atoms with Crippen LogP contribution in [-0.4, -0.2) is 33.0 Å². The Balaban J connectivity index is 0.000000226. The number of rotatable bonds is 1. The van der Waals surface area contributed by atoms with Crippen molar-refractivity contribution < 1.29 is 17.7 Å². The van der Waals surface area contributed by atoms with E-state index in [1.54, 1.807) is 0 Å². The van der Waals surface area contributed by atoms with Crippen molar-refractivity contribution in [2.75, 3.05) is 13.4 Å². The van der Waals surface area contributed by atoms with E-state index in [-0.39, 0.29) is 6.10 Å². The molecular formula is C8H18O4S. The standard InChI is InChI=1S/C6H12O.C2H6O3S/c7-6-4-2-1-3-5-6;1-5-6(2,3)4/h6-7H,1-5H2;1-2H3. The molecule has 0 aliphatic heterocycles. The summed E-state index contributed by atoms with van der Waals surface area (Å²) in [5.41, 5.74) is 0. The SMILES string of the molecule is COS(C)(=O)=O.OC1CCCCC1. The second kappa shape index (κ2) is 6.34. The lowest BCUT2D eigenvalue weighted by Crippen LogP contribution is -2.09. The highest BCUT2D eigenvalue weighted by atomic mass is 32.2. The van der Waals surface area contributed by atoms with Gasteiger partial charge in [-0.1, -0.05) is 19.3 Å². The lowest BCUT2D eigenvalue weighted by Gasteiger charge is -2.14. The van der Waals surface area contributed by atoms with E-state index in [1.165, 1.54) is 19.3 Å². The summed E-state index contributed by atoms with van der Waals surface area (Å²) in [4.78, 5) is 0. The fourth-order valence-corrected chi connectivity index (χ4v) is 1.08. The zero-order chi connectivity index (χ0) is 10.3. The third kappa shape index (κ3) is 9.79. The molecule has 0 spiro atoms. The van der Waals surface area contributed by atoms with Crippen LogP contribution >= 0.6 is 0 Å². The fraction of sp³-hybridized carbons (Fsp3) is 1.00. The Bertz CT molecular complexity index is 204. The van der Waals surface area contributed by atoms with Crippen LogP contribution in [0, 0.1) is 0 Å². The minimum absolute atomic E-state index is 0.0359. The maximum absolute atomic E-state index is 9.78. The first-order valence-electron chi connectivity index (χ1n) is 4.39. The molecule has 1 N–H and O–H groups in total. The molecule has 0 bridgehead atoms. The van der Waals surface area contributed by atoms with Crippen LogP contribution in [0.25, 0.3) is 0 Å². The quantitative estimate of drug-likeness (QED) is 0.653. The Morgan fingerprint density at radius 1 is 1.23 bits per heavy atom. The molecule has 1 fully saturated rings. The molecule has 0 radical (unpaired) electrons. The van der Waals surface area contributed by atoms with E-state index in [9.17, 15) is 8.42 Å². The second-order valence-electron chi connectivity index (χ2n) is 3.16. The highest BCUT2D eigenvalue weighted by Crippen LogP contribution is 2.16. The first-order valence-corrected chi connectivity index (χ1v) is 6.21. The average Bonchev–Trinajstić information content (AvgIpc) is 2.06. The van der Waals surface area contributed by atoms with Gasteiger partial charge < -0.3 is 5.11 Å². The van der Waals surface area contributed by atoms with Gasteiger partial charge in [-0.05, 0) is 12.8 Å². The minimum Gasteiger partial charge on any atom is -0.393 e. The maximum Gasteiger partial charge on any atom is 0.264 e. The van der Waals surface area contributed by atoms with Crippen LogP contribution in [0.15, 0.2) is 0 Å². The number of hydrogen-bond donors (Lipinski definition) is 1. The fourth-order valence-electron chi connectivity index (χ4n) is 1.08. The Kier molecular flexibility index (Phi) is 6.28. The molecule has 1 aliphatic carbocycles. The molecule has 0 atom stereocenters. The molecule has 1 rings (SSSR count). The molecule has 5 heteroatoms. The van der Waals surface area contributed by atoms with Gasteiger partial charge in [-0.25, -0.2) is 0 Å². The van der Waals surface area contributed by atoms with Crippen molar-refractivity contribution in [1.82, 2.24) is 0 Å². The van der Waals surface area contributed by atoms with Gasteiger partial charge in [-0.15, -0.1) is 0 Å². The van der Waals surface area contributed by atoms with Gasteiger partial charge in [0.1, 0.15) is 0 Å². The van der Waals surface area contributed by atoms with E-state index in [0.717, 1.165) is 26.2 Å². The van der Waals surface area contributed by atoms with Crippen molar-refractivity contribution in [3.8, 4) is 0 Å². The van der Waals surface area contributed by atoms with Crippen LogP contribution in [0.1, 0.15) is 32.1 Å². The summed E-state index contributed by atoms with van der Waals surface area (Å²) in [5, 5.41) is 8.91. The van der Waals surface area contributed by atoms with E-state index in [4.69, 9.17) is 5.11 Å². The molecule has 13 heavy (non-hydrogen) atoms. The Labute approximate surface area is 80.0 Å². The van der Waals surface area contributed by atoms with E-state index in [2.05, 4.69) is 4.18 Å². The summed E-state index contributed by atoms with van der Waals surface area (Å²) in [6.07, 6.45) is 6.92. The van der Waals surface area contributed by atoms with Gasteiger partial charge in [-0.3, -0.25) is 4.18 Å². The molecule has 0 aromatic carbocycles. The monoisotopic (exact) mass is 210 g/mol. The van der Waals surface area contributed by atoms with Crippen LogP contribution in [-0.2, 0) is 14.3 Å². The van der Waals surface area contributed by atoms with Crippen molar-refractivity contribution in [2.45, 2.75) is 38.2 Å². The normalized spacial score (nSPS) is 19.0. The van der Waals surface area contributed by atoms with Gasteiger partial charge in [0.05, 0.1) is 19.5 Å². The molecule has 1 saturated carbocycles. The maximum atomic E-state index is 9.78. The molecule has 0 saturated heterocycles. The van der Waals surface area contributed by atoms with Gasteiger partial charge in [0.2, 0.25) is 0 Å². The van der Waals surface area contributed by atoms with E-state index < -0.39 is 10.1 Å². The lowest BCUT2D eigenvalue weighted by atomic mass is 9.98. The lowest BCUT2D eigenvalue weighted by molar-refractivity contribution is 0.130. The van der Waals surface area contributed by atoms with Gasteiger partial charge in [0, 0.05) is 0 Å². The number of aliphatic hydroxyl groups excluding tert-OH is 1. The van der Waals surface area contributed by atoms with Crippen molar-refractivity contribution in [2.24, 2.45) is 0 Å². The molecule has 80 valence electrons. The third-order valence-corrected chi connectivity index (χ3v) is 2.48. The van der Waals surface area contributed by atoms with Crippen molar-refractivity contribution in [3.63, 3.8) is 0 Å². The van der Waals surface area contributed by atoms with Crippen LogP contribution < -0.4 is 0 Å². The molecule has 1 aliphatic rings. The zero-order valence-corrected chi connectivity index (χ0v) is 9.01. The predicted octanol–water partition coefficient (Wildman–Crippen LogP) is 0.904. The van der Waals surface area contributed by atoms with Crippen LogP contribution in [0.2, 0.25) is 0 Å². The molecule has 0 amide bonds. The highest BCUT2D eigenvalue weighted by molar-refractivity contribution is 7.85. The summed E-state index contributed by atoms with van der Waals surface area (Å²) in [6, 6.07) is 0. The Morgan fingerprint density at radius 3 is 1.77 bits per heavy atom. The van der Waals surface area contributed by atoms with E-state index in [0.29, 0.717) is 0 Å². The van der Waals surface area contributed by atoms with Crippen LogP contribution in [0.4, 0.5) is 0 Å². The van der Waals surface area contributed by atoms with Crippen LogP contribution in [0.3, 0.4) is 0 Å². The number of hydrogen-bond acceptors (Lipinski definition) is 4. The Morgan fingerprint density at radius 2 is 1.62 bits per heavy atom. The predicted molar refractivity (Wildman–Crippen MR) is 50.9 cm³/mol. The molecule has 0 unspecified atom stereocenters. The summed E-state index contributed by atoms with van der Waals surface area (Å²) in [6.45, 7) is 0. The molecule has 0 heterocycles. The highest BCUT2D eigenvalue weighted by Gasteiger charge is 2.07. The zero-order valence-electron chi connectivity index (χ0n) is 8.19. The smallest absolute Gasteiger partial charge is 0.264 e.